The van der Waals surface area contributed by atoms with E-state index in [-0.39, 0.29) is 23.1 Å². The lowest BCUT2D eigenvalue weighted by Crippen LogP contribution is -2.41. The predicted octanol–water partition coefficient (Wildman–Crippen LogP) is 1.93. The van der Waals surface area contributed by atoms with E-state index in [1.165, 1.54) is 0 Å². The van der Waals surface area contributed by atoms with Crippen LogP contribution in [0.4, 0.5) is 0 Å². The number of hydrogen-bond acceptors (Lipinski definition) is 6. The first-order chi connectivity index (χ1) is 12.5. The summed E-state index contributed by atoms with van der Waals surface area (Å²) in [5.74, 6) is 0.684. The molecule has 0 spiro atoms. The minimum Gasteiger partial charge on any atom is -0.384 e. The minimum atomic E-state index is -0.367. The number of pyridine rings is 1. The molecule has 140 valence electrons. The molecule has 8 heteroatoms. The van der Waals surface area contributed by atoms with Gasteiger partial charge in [0.15, 0.2) is 5.82 Å². The van der Waals surface area contributed by atoms with Crippen molar-refractivity contribution in [1.29, 1.82) is 0 Å². The number of aryl methyl sites for hydroxylation is 2. The zero-order chi connectivity index (χ0) is 18.7. The first-order valence-electron chi connectivity index (χ1n) is 8.84. The summed E-state index contributed by atoms with van der Waals surface area (Å²) < 4.78 is 10.4. The Kier molecular flexibility index (Phi) is 5.51. The van der Waals surface area contributed by atoms with E-state index in [9.17, 15) is 9.59 Å². The van der Waals surface area contributed by atoms with Crippen LogP contribution in [0.25, 0.3) is 0 Å². The van der Waals surface area contributed by atoms with Gasteiger partial charge in [-0.2, -0.15) is 4.98 Å². The molecular formula is C18H24N4O4. The van der Waals surface area contributed by atoms with Crippen LogP contribution < -0.4 is 5.56 Å². The molecule has 1 N–H and O–H groups in total. The summed E-state index contributed by atoms with van der Waals surface area (Å²) in [4.78, 5) is 34.1. The number of H-pyrrole nitrogens is 1. The smallest absolute Gasteiger partial charge is 0.261 e. The number of aromatic amines is 1. The van der Waals surface area contributed by atoms with E-state index in [1.54, 1.807) is 18.1 Å². The maximum absolute atomic E-state index is 13.0. The van der Waals surface area contributed by atoms with Crippen molar-refractivity contribution in [2.45, 2.75) is 45.6 Å². The number of likely N-dealkylation sites (tertiary alicyclic amines) is 1. The summed E-state index contributed by atoms with van der Waals surface area (Å²) in [6, 6.07) is 1.35. The van der Waals surface area contributed by atoms with Gasteiger partial charge in [0.25, 0.3) is 11.5 Å². The molecule has 3 rings (SSSR count). The van der Waals surface area contributed by atoms with Crippen LogP contribution in [0.1, 0.15) is 58.6 Å². The Morgan fingerprint density at radius 2 is 2.23 bits per heavy atom. The number of nitrogens with zero attached hydrogens (tertiary/aromatic N) is 3. The third kappa shape index (κ3) is 3.70. The zero-order valence-corrected chi connectivity index (χ0v) is 15.4. The number of amides is 1. The van der Waals surface area contributed by atoms with Gasteiger partial charge >= 0.3 is 0 Å². The average molecular weight is 360 g/mol. The van der Waals surface area contributed by atoms with Crippen LogP contribution in [0.15, 0.2) is 15.4 Å². The highest BCUT2D eigenvalue weighted by atomic mass is 16.5. The van der Waals surface area contributed by atoms with Crippen LogP contribution in [-0.4, -0.2) is 46.2 Å². The number of methoxy groups -OCH3 is 1. The normalized spacial score (nSPS) is 17.5. The van der Waals surface area contributed by atoms with Crippen molar-refractivity contribution in [1.82, 2.24) is 20.0 Å². The topological polar surface area (TPSA) is 101 Å². The summed E-state index contributed by atoms with van der Waals surface area (Å²) in [6.07, 6.45) is 3.14. The molecule has 3 heterocycles. The number of rotatable bonds is 5. The Hall–Kier alpha value is -2.48. The summed E-state index contributed by atoms with van der Waals surface area (Å²) in [5, 5.41) is 3.97. The maximum atomic E-state index is 13.0. The van der Waals surface area contributed by atoms with Crippen LogP contribution in [-0.2, 0) is 11.2 Å². The highest BCUT2D eigenvalue weighted by molar-refractivity contribution is 5.94. The summed E-state index contributed by atoms with van der Waals surface area (Å²) in [7, 11) is 1.61. The van der Waals surface area contributed by atoms with E-state index in [0.717, 1.165) is 30.5 Å². The van der Waals surface area contributed by atoms with Crippen LogP contribution >= 0.6 is 0 Å². The lowest BCUT2D eigenvalue weighted by molar-refractivity contribution is 0.0559. The van der Waals surface area contributed by atoms with Gasteiger partial charge in [0.1, 0.15) is 11.6 Å². The summed E-state index contributed by atoms with van der Waals surface area (Å²) in [5.41, 5.74) is 1.43. The fraction of sp³-hybridized carbons (Fsp3) is 0.556. The number of nitrogens with one attached hydrogen (secondary N) is 1. The molecule has 8 nitrogen and oxygen atoms in total. The van der Waals surface area contributed by atoms with Crippen LogP contribution in [0, 0.1) is 13.8 Å². The van der Waals surface area contributed by atoms with E-state index >= 15 is 0 Å². The van der Waals surface area contributed by atoms with Gasteiger partial charge in [0.05, 0.1) is 6.61 Å². The van der Waals surface area contributed by atoms with Crippen molar-refractivity contribution >= 4 is 5.91 Å². The van der Waals surface area contributed by atoms with Crippen molar-refractivity contribution in [3.63, 3.8) is 0 Å². The van der Waals surface area contributed by atoms with Gasteiger partial charge in [-0.05, 0) is 44.7 Å². The molecule has 1 aliphatic heterocycles. The molecule has 0 radical (unpaired) electrons. The van der Waals surface area contributed by atoms with Crippen molar-refractivity contribution in [3.05, 3.63) is 45.0 Å². The molecule has 2 aromatic rings. The van der Waals surface area contributed by atoms with E-state index in [1.807, 2.05) is 13.8 Å². The Labute approximate surface area is 151 Å². The largest absolute Gasteiger partial charge is 0.384 e. The van der Waals surface area contributed by atoms with Gasteiger partial charge < -0.3 is 19.1 Å². The van der Waals surface area contributed by atoms with E-state index in [0.29, 0.717) is 31.3 Å². The number of hydrogen-bond donors (Lipinski definition) is 1. The van der Waals surface area contributed by atoms with E-state index in [4.69, 9.17) is 9.26 Å². The number of carbonyl (C=O) groups excluding carboxylic acids is 1. The molecule has 1 amide bonds. The average Bonchev–Trinajstić information content (AvgIpc) is 3.11. The fourth-order valence-corrected chi connectivity index (χ4v) is 3.17. The standard InChI is InChI=1S/C18H24N4O4/c1-11-10-13(16(23)19-12(11)2)18(24)22-8-5-4-6-14(22)17-20-15(21-26-17)7-9-25-3/h10,14H,4-9H2,1-3H3,(H,19,23)/t14-/m0/s1. The molecule has 0 unspecified atom stereocenters. The third-order valence-electron chi connectivity index (χ3n) is 4.79. The molecule has 2 aromatic heterocycles. The van der Waals surface area contributed by atoms with Crippen molar-refractivity contribution in [2.75, 3.05) is 20.3 Å². The molecule has 1 fully saturated rings. The van der Waals surface area contributed by atoms with Crippen LogP contribution in [0.3, 0.4) is 0 Å². The molecule has 0 aromatic carbocycles. The first-order valence-corrected chi connectivity index (χ1v) is 8.84. The van der Waals surface area contributed by atoms with Crippen molar-refractivity contribution in [2.24, 2.45) is 0 Å². The van der Waals surface area contributed by atoms with Crippen molar-refractivity contribution in [3.8, 4) is 0 Å². The van der Waals surface area contributed by atoms with Gasteiger partial charge in [-0.25, -0.2) is 0 Å². The molecular weight excluding hydrogens is 336 g/mol. The Bertz CT molecular complexity index is 842. The number of aromatic nitrogens is 3. The predicted molar refractivity (Wildman–Crippen MR) is 94.0 cm³/mol. The highest BCUT2D eigenvalue weighted by Gasteiger charge is 2.33. The van der Waals surface area contributed by atoms with Gasteiger partial charge in [0, 0.05) is 25.8 Å². The Balaban J connectivity index is 1.87. The third-order valence-corrected chi connectivity index (χ3v) is 4.79. The lowest BCUT2D eigenvalue weighted by atomic mass is 10.0. The lowest BCUT2D eigenvalue weighted by Gasteiger charge is -2.33. The highest BCUT2D eigenvalue weighted by Crippen LogP contribution is 2.31. The molecule has 0 saturated carbocycles. The fourth-order valence-electron chi connectivity index (χ4n) is 3.17. The van der Waals surface area contributed by atoms with Crippen molar-refractivity contribution < 1.29 is 14.1 Å². The van der Waals surface area contributed by atoms with Crippen LogP contribution in [0.2, 0.25) is 0 Å². The maximum Gasteiger partial charge on any atom is 0.261 e. The van der Waals surface area contributed by atoms with Gasteiger partial charge in [-0.1, -0.05) is 5.16 Å². The van der Waals surface area contributed by atoms with E-state index in [2.05, 4.69) is 15.1 Å². The molecule has 0 bridgehead atoms. The van der Waals surface area contributed by atoms with Crippen LogP contribution in [0.5, 0.6) is 0 Å². The summed E-state index contributed by atoms with van der Waals surface area (Å²) >= 11 is 0. The zero-order valence-electron chi connectivity index (χ0n) is 15.4. The molecule has 26 heavy (non-hydrogen) atoms. The van der Waals surface area contributed by atoms with Gasteiger partial charge in [-0.3, -0.25) is 9.59 Å². The quantitative estimate of drug-likeness (QED) is 0.874. The Morgan fingerprint density at radius 3 is 3.00 bits per heavy atom. The number of carbonyl (C=O) groups is 1. The molecule has 1 atom stereocenters. The minimum absolute atomic E-state index is 0.152. The number of piperidine rings is 1. The molecule has 1 aliphatic rings. The molecule has 1 saturated heterocycles. The second-order valence-electron chi connectivity index (χ2n) is 6.62. The molecule has 0 aliphatic carbocycles. The summed E-state index contributed by atoms with van der Waals surface area (Å²) in [6.45, 7) is 4.75. The monoisotopic (exact) mass is 360 g/mol. The number of ether oxygens (including phenoxy) is 1. The van der Waals surface area contributed by atoms with E-state index < -0.39 is 0 Å². The Morgan fingerprint density at radius 1 is 1.42 bits per heavy atom. The van der Waals surface area contributed by atoms with Gasteiger partial charge in [-0.15, -0.1) is 0 Å². The SMILES string of the molecule is COCCc1noc([C@@H]2CCCCN2C(=O)c2cc(C)c(C)[nH]c2=O)n1. The second-order valence-corrected chi connectivity index (χ2v) is 6.62. The van der Waals surface area contributed by atoms with Gasteiger partial charge in [0.2, 0.25) is 5.89 Å². The first kappa shape index (κ1) is 18.3. The second kappa shape index (κ2) is 7.82.